The average molecular weight is 330 g/mol. The number of likely N-dealkylation sites (tertiary alicyclic amines) is 2. The Labute approximate surface area is 145 Å². The largest absolute Gasteiger partial charge is 0.444 e. The molecule has 4 nitrogen and oxygen atoms in total. The first-order valence-corrected chi connectivity index (χ1v) is 9.10. The molecule has 4 heteroatoms. The summed E-state index contributed by atoms with van der Waals surface area (Å²) in [7, 11) is 0. The van der Waals surface area contributed by atoms with Gasteiger partial charge in [-0.2, -0.15) is 0 Å². The van der Waals surface area contributed by atoms with Gasteiger partial charge in [0.05, 0.1) is 0 Å². The molecule has 24 heavy (non-hydrogen) atoms. The van der Waals surface area contributed by atoms with Crippen LogP contribution in [0.4, 0.5) is 4.79 Å². The van der Waals surface area contributed by atoms with Gasteiger partial charge < -0.3 is 14.5 Å². The van der Waals surface area contributed by atoms with Gasteiger partial charge in [0.2, 0.25) is 0 Å². The summed E-state index contributed by atoms with van der Waals surface area (Å²) < 4.78 is 5.48. The standard InChI is InChI=1S/C20H30N2O2/c1-19(2,3)24-18(23)22-13-10-20(11-14-22)15-21(16-20)12-9-17-7-5-4-6-8-17/h4-8H,9-16H2,1-3H3. The van der Waals surface area contributed by atoms with Crippen LogP contribution >= 0.6 is 0 Å². The zero-order chi connectivity index (χ0) is 17.2. The van der Waals surface area contributed by atoms with E-state index in [-0.39, 0.29) is 6.09 Å². The summed E-state index contributed by atoms with van der Waals surface area (Å²) in [6, 6.07) is 10.7. The van der Waals surface area contributed by atoms with Crippen LogP contribution in [0.5, 0.6) is 0 Å². The molecule has 3 rings (SSSR count). The highest BCUT2D eigenvalue weighted by molar-refractivity contribution is 5.68. The van der Waals surface area contributed by atoms with Crippen molar-refractivity contribution < 1.29 is 9.53 Å². The number of amides is 1. The SMILES string of the molecule is CC(C)(C)OC(=O)N1CCC2(CC1)CN(CCc1ccccc1)C2. The third-order valence-electron chi connectivity index (χ3n) is 5.15. The van der Waals surface area contributed by atoms with E-state index < -0.39 is 5.60 Å². The van der Waals surface area contributed by atoms with E-state index in [1.54, 1.807) is 0 Å². The minimum absolute atomic E-state index is 0.155. The molecule has 2 saturated heterocycles. The predicted molar refractivity (Wildman–Crippen MR) is 96.1 cm³/mol. The minimum Gasteiger partial charge on any atom is -0.444 e. The van der Waals surface area contributed by atoms with E-state index in [4.69, 9.17) is 4.74 Å². The van der Waals surface area contributed by atoms with E-state index in [0.717, 1.165) is 38.9 Å². The molecule has 1 aromatic carbocycles. The Bertz CT molecular complexity index is 549. The Hall–Kier alpha value is -1.55. The van der Waals surface area contributed by atoms with Crippen LogP contribution in [0.25, 0.3) is 0 Å². The first-order chi connectivity index (χ1) is 11.4. The van der Waals surface area contributed by atoms with Crippen LogP contribution < -0.4 is 0 Å². The van der Waals surface area contributed by atoms with Crippen LogP contribution in [0.2, 0.25) is 0 Å². The van der Waals surface area contributed by atoms with Gasteiger partial charge in [0.1, 0.15) is 5.60 Å². The zero-order valence-corrected chi connectivity index (χ0v) is 15.3. The van der Waals surface area contributed by atoms with Gasteiger partial charge in [0.15, 0.2) is 0 Å². The molecule has 2 aliphatic rings. The van der Waals surface area contributed by atoms with Crippen LogP contribution in [-0.4, -0.2) is 54.2 Å². The summed E-state index contributed by atoms with van der Waals surface area (Å²) in [5, 5.41) is 0. The Morgan fingerprint density at radius 1 is 1.12 bits per heavy atom. The highest BCUT2D eigenvalue weighted by atomic mass is 16.6. The number of benzene rings is 1. The van der Waals surface area contributed by atoms with Gasteiger partial charge >= 0.3 is 6.09 Å². The van der Waals surface area contributed by atoms with Gasteiger partial charge in [-0.05, 0) is 51.0 Å². The Morgan fingerprint density at radius 3 is 2.33 bits per heavy atom. The molecule has 1 amide bonds. The molecule has 1 aromatic rings. The van der Waals surface area contributed by atoms with Crippen molar-refractivity contribution in [2.24, 2.45) is 5.41 Å². The average Bonchev–Trinajstić information content (AvgIpc) is 2.50. The lowest BCUT2D eigenvalue weighted by Gasteiger charge is -2.54. The second kappa shape index (κ2) is 6.75. The number of hydrogen-bond acceptors (Lipinski definition) is 3. The van der Waals surface area contributed by atoms with Crippen molar-refractivity contribution in [3.8, 4) is 0 Å². The van der Waals surface area contributed by atoms with Crippen molar-refractivity contribution in [3.05, 3.63) is 35.9 Å². The maximum absolute atomic E-state index is 12.1. The number of piperidine rings is 1. The Morgan fingerprint density at radius 2 is 1.75 bits per heavy atom. The Kier molecular flexibility index (Phi) is 4.86. The molecule has 2 aliphatic heterocycles. The number of hydrogen-bond donors (Lipinski definition) is 0. The number of ether oxygens (including phenoxy) is 1. The van der Waals surface area contributed by atoms with E-state index in [0.29, 0.717) is 5.41 Å². The van der Waals surface area contributed by atoms with Crippen molar-refractivity contribution in [2.75, 3.05) is 32.7 Å². The highest BCUT2D eigenvalue weighted by Gasteiger charge is 2.45. The predicted octanol–water partition coefficient (Wildman–Crippen LogP) is 3.56. The van der Waals surface area contributed by atoms with E-state index in [1.807, 2.05) is 25.7 Å². The number of nitrogens with zero attached hydrogens (tertiary/aromatic N) is 2. The number of rotatable bonds is 3. The monoisotopic (exact) mass is 330 g/mol. The van der Waals surface area contributed by atoms with Gasteiger partial charge in [-0.15, -0.1) is 0 Å². The smallest absolute Gasteiger partial charge is 0.410 e. The van der Waals surface area contributed by atoms with Crippen molar-refractivity contribution >= 4 is 6.09 Å². The minimum atomic E-state index is -0.406. The fourth-order valence-corrected chi connectivity index (χ4v) is 3.80. The molecule has 2 fully saturated rings. The molecule has 132 valence electrons. The lowest BCUT2D eigenvalue weighted by molar-refractivity contribution is -0.0505. The van der Waals surface area contributed by atoms with E-state index in [9.17, 15) is 4.79 Å². The van der Waals surface area contributed by atoms with Crippen LogP contribution in [0, 0.1) is 5.41 Å². The summed E-state index contributed by atoms with van der Waals surface area (Å²) >= 11 is 0. The van der Waals surface area contributed by atoms with Crippen molar-refractivity contribution in [1.82, 2.24) is 9.80 Å². The zero-order valence-electron chi connectivity index (χ0n) is 15.3. The molecule has 0 bridgehead atoms. The summed E-state index contributed by atoms with van der Waals surface area (Å²) in [4.78, 5) is 16.6. The maximum Gasteiger partial charge on any atom is 0.410 e. The molecule has 0 saturated carbocycles. The molecular formula is C20H30N2O2. The molecule has 0 unspecified atom stereocenters. The molecule has 0 N–H and O–H groups in total. The van der Waals surface area contributed by atoms with Crippen molar-refractivity contribution in [2.45, 2.75) is 45.6 Å². The number of carbonyl (C=O) groups excluding carboxylic acids is 1. The van der Waals surface area contributed by atoms with Gasteiger partial charge in [0, 0.05) is 32.7 Å². The van der Waals surface area contributed by atoms with Gasteiger partial charge in [-0.3, -0.25) is 0 Å². The Balaban J connectivity index is 1.39. The molecule has 0 aromatic heterocycles. The molecular weight excluding hydrogens is 300 g/mol. The second-order valence-electron chi connectivity index (χ2n) is 8.41. The molecule has 0 aliphatic carbocycles. The van der Waals surface area contributed by atoms with Crippen LogP contribution in [0.1, 0.15) is 39.2 Å². The first kappa shape index (κ1) is 17.3. The van der Waals surface area contributed by atoms with Crippen LogP contribution in [-0.2, 0) is 11.2 Å². The third-order valence-corrected chi connectivity index (χ3v) is 5.15. The van der Waals surface area contributed by atoms with E-state index >= 15 is 0 Å². The fourth-order valence-electron chi connectivity index (χ4n) is 3.80. The fraction of sp³-hybridized carbons (Fsp3) is 0.650. The molecule has 0 radical (unpaired) electrons. The lowest BCUT2D eigenvalue weighted by Crippen LogP contribution is -2.61. The van der Waals surface area contributed by atoms with Gasteiger partial charge in [0.25, 0.3) is 0 Å². The summed E-state index contributed by atoms with van der Waals surface area (Å²) in [6.07, 6.45) is 3.18. The van der Waals surface area contributed by atoms with Crippen molar-refractivity contribution in [1.29, 1.82) is 0 Å². The first-order valence-electron chi connectivity index (χ1n) is 9.10. The maximum atomic E-state index is 12.1. The molecule has 2 heterocycles. The van der Waals surface area contributed by atoms with E-state index in [2.05, 4.69) is 35.2 Å². The summed E-state index contributed by atoms with van der Waals surface area (Å²) in [5.74, 6) is 0. The third kappa shape index (κ3) is 4.29. The highest BCUT2D eigenvalue weighted by Crippen LogP contribution is 2.40. The molecule has 0 atom stereocenters. The van der Waals surface area contributed by atoms with E-state index in [1.165, 1.54) is 18.7 Å². The summed E-state index contributed by atoms with van der Waals surface area (Å²) in [5.41, 5.74) is 1.45. The summed E-state index contributed by atoms with van der Waals surface area (Å²) in [6.45, 7) is 10.9. The lowest BCUT2D eigenvalue weighted by atomic mass is 9.72. The second-order valence-corrected chi connectivity index (χ2v) is 8.41. The van der Waals surface area contributed by atoms with Crippen LogP contribution in [0.3, 0.4) is 0 Å². The van der Waals surface area contributed by atoms with Gasteiger partial charge in [-0.1, -0.05) is 30.3 Å². The number of carbonyl (C=O) groups is 1. The molecule has 1 spiro atoms. The van der Waals surface area contributed by atoms with Crippen molar-refractivity contribution in [3.63, 3.8) is 0 Å². The normalized spacial score (nSPS) is 20.7. The van der Waals surface area contributed by atoms with Gasteiger partial charge in [-0.25, -0.2) is 4.79 Å². The topological polar surface area (TPSA) is 32.8 Å². The van der Waals surface area contributed by atoms with Crippen LogP contribution in [0.15, 0.2) is 30.3 Å². The quantitative estimate of drug-likeness (QED) is 0.849.